The van der Waals surface area contributed by atoms with E-state index < -0.39 is 5.25 Å². The van der Waals surface area contributed by atoms with Gasteiger partial charge in [0.25, 0.3) is 0 Å². The number of carbonyl (C=O) groups is 1. The maximum atomic E-state index is 12.5. The van der Waals surface area contributed by atoms with E-state index in [1.807, 2.05) is 12.1 Å². The van der Waals surface area contributed by atoms with Gasteiger partial charge >= 0.3 is 0 Å². The number of thiol groups is 1. The van der Waals surface area contributed by atoms with Gasteiger partial charge in [0.05, 0.1) is 12.4 Å². The van der Waals surface area contributed by atoms with Crippen LogP contribution in [-0.2, 0) is 11.2 Å². The second-order valence-corrected chi connectivity index (χ2v) is 8.29. The van der Waals surface area contributed by atoms with Gasteiger partial charge in [-0.05, 0) is 61.4 Å². The molecule has 5 nitrogen and oxygen atoms in total. The van der Waals surface area contributed by atoms with Crippen molar-refractivity contribution in [1.29, 1.82) is 0 Å². The molecule has 1 aromatic heterocycles. The van der Waals surface area contributed by atoms with Crippen LogP contribution in [0.3, 0.4) is 0 Å². The van der Waals surface area contributed by atoms with E-state index in [2.05, 4.69) is 17.9 Å². The monoisotopic (exact) mass is 387 g/mol. The summed E-state index contributed by atoms with van der Waals surface area (Å²) < 4.78 is 11.0. The molecule has 0 radical (unpaired) electrons. The van der Waals surface area contributed by atoms with Crippen molar-refractivity contribution in [3.05, 3.63) is 36.1 Å². The summed E-state index contributed by atoms with van der Waals surface area (Å²) in [5.41, 5.74) is 0.804. The van der Waals surface area contributed by atoms with Gasteiger partial charge in [-0.25, -0.2) is 0 Å². The number of amides is 1. The number of hydrogen-bond donors (Lipinski definition) is 3. The van der Waals surface area contributed by atoms with Gasteiger partial charge in [-0.3, -0.25) is 4.79 Å². The lowest BCUT2D eigenvalue weighted by Gasteiger charge is -2.24. The summed E-state index contributed by atoms with van der Waals surface area (Å²) >= 11 is 4.50. The van der Waals surface area contributed by atoms with Crippen molar-refractivity contribution < 1.29 is 19.1 Å². The van der Waals surface area contributed by atoms with Gasteiger partial charge in [0.2, 0.25) is 5.91 Å². The molecule has 0 spiro atoms. The Balaban J connectivity index is 1.38. The molecule has 0 aliphatic heterocycles. The van der Waals surface area contributed by atoms with E-state index >= 15 is 0 Å². The van der Waals surface area contributed by atoms with Crippen molar-refractivity contribution in [2.75, 3.05) is 7.11 Å². The summed E-state index contributed by atoms with van der Waals surface area (Å²) in [5.74, 6) is 3.29. The fraction of sp³-hybridized carbons (Fsp3) is 0.476. The lowest BCUT2D eigenvalue weighted by atomic mass is 9.95. The molecule has 1 heterocycles. The van der Waals surface area contributed by atoms with Crippen LogP contribution in [0.4, 0.5) is 0 Å². The Kier molecular flexibility index (Phi) is 5.08. The first-order chi connectivity index (χ1) is 13.0. The second kappa shape index (κ2) is 7.50. The highest BCUT2D eigenvalue weighted by atomic mass is 32.1. The Bertz CT molecular complexity index is 833. The number of furan rings is 1. The Labute approximate surface area is 164 Å². The number of hydrogen-bond acceptors (Lipinski definition) is 5. The lowest BCUT2D eigenvalue weighted by Crippen LogP contribution is -2.42. The third kappa shape index (κ3) is 3.81. The molecule has 2 saturated carbocycles. The number of benzene rings is 1. The Morgan fingerprint density at radius 1 is 1.33 bits per heavy atom. The van der Waals surface area contributed by atoms with Crippen molar-refractivity contribution in [3.8, 4) is 22.8 Å². The van der Waals surface area contributed by atoms with E-state index in [1.165, 1.54) is 26.4 Å². The third-order valence-corrected chi connectivity index (χ3v) is 6.31. The lowest BCUT2D eigenvalue weighted by molar-refractivity contribution is -0.121. The summed E-state index contributed by atoms with van der Waals surface area (Å²) in [6, 6.07) is 9.10. The molecule has 1 aromatic carbocycles. The predicted octanol–water partition coefficient (Wildman–Crippen LogP) is 3.81. The van der Waals surface area contributed by atoms with Crippen LogP contribution in [0.25, 0.3) is 11.3 Å². The number of fused-ring (bicyclic) bond motifs is 2. The number of phenols is 1. The Hall–Kier alpha value is -2.08. The quantitative estimate of drug-likeness (QED) is 0.659. The normalized spacial score (nSPS) is 24.7. The minimum atomic E-state index is -0.433. The second-order valence-electron chi connectivity index (χ2n) is 7.66. The molecule has 2 N–H and O–H groups in total. The van der Waals surface area contributed by atoms with Gasteiger partial charge in [-0.1, -0.05) is 6.42 Å². The first-order valence-electron chi connectivity index (χ1n) is 9.48. The molecule has 2 aliphatic rings. The largest absolute Gasteiger partial charge is 0.504 e. The first kappa shape index (κ1) is 18.3. The number of aromatic hydroxyl groups is 1. The number of carbonyl (C=O) groups excluding carboxylic acids is 1. The minimum absolute atomic E-state index is 0.0138. The zero-order valence-corrected chi connectivity index (χ0v) is 16.2. The van der Waals surface area contributed by atoms with Crippen LogP contribution in [0.15, 0.2) is 34.7 Å². The summed E-state index contributed by atoms with van der Waals surface area (Å²) in [6.45, 7) is 0. The molecular formula is C21H25NO4S. The van der Waals surface area contributed by atoms with Gasteiger partial charge in [0.15, 0.2) is 11.5 Å². The minimum Gasteiger partial charge on any atom is -0.504 e. The van der Waals surface area contributed by atoms with E-state index in [0.717, 1.165) is 17.9 Å². The Morgan fingerprint density at radius 3 is 2.89 bits per heavy atom. The number of methoxy groups -OCH3 is 1. The highest BCUT2D eigenvalue weighted by Crippen LogP contribution is 2.44. The van der Waals surface area contributed by atoms with E-state index in [9.17, 15) is 9.90 Å². The van der Waals surface area contributed by atoms with Gasteiger partial charge in [0, 0.05) is 18.0 Å². The fourth-order valence-electron chi connectivity index (χ4n) is 4.46. The summed E-state index contributed by atoms with van der Waals surface area (Å²) in [7, 11) is 1.51. The van der Waals surface area contributed by atoms with Crippen LogP contribution in [0.5, 0.6) is 11.5 Å². The average molecular weight is 388 g/mol. The summed E-state index contributed by atoms with van der Waals surface area (Å²) in [6.07, 6.45) is 5.37. The van der Waals surface area contributed by atoms with Crippen LogP contribution in [0.2, 0.25) is 0 Å². The molecule has 2 aliphatic carbocycles. The van der Waals surface area contributed by atoms with Crippen molar-refractivity contribution in [1.82, 2.24) is 5.32 Å². The van der Waals surface area contributed by atoms with Gasteiger partial charge in [-0.15, -0.1) is 0 Å². The SMILES string of the molecule is COc1cc(-c2ccc(CC(S)C(=O)NC3CC4CCC3C4)o2)ccc1O. The number of nitrogens with one attached hydrogen (secondary N) is 1. The van der Waals surface area contributed by atoms with Crippen molar-refractivity contribution in [2.45, 2.75) is 43.4 Å². The summed E-state index contributed by atoms with van der Waals surface area (Å²) in [5, 5.41) is 12.5. The molecule has 4 unspecified atom stereocenters. The molecule has 1 amide bonds. The zero-order valence-electron chi connectivity index (χ0n) is 15.4. The standard InChI is InChI=1S/C21H25NO4S/c1-25-19-10-14(4-6-17(19)23)18-7-5-15(26-18)11-20(27)21(24)22-16-9-12-2-3-13(16)8-12/h4-7,10,12-13,16,20,23,27H,2-3,8-9,11H2,1H3,(H,22,24). The van der Waals surface area contributed by atoms with Crippen molar-refractivity contribution in [3.63, 3.8) is 0 Å². The smallest absolute Gasteiger partial charge is 0.233 e. The topological polar surface area (TPSA) is 71.7 Å². The van der Waals surface area contributed by atoms with Gasteiger partial charge in [-0.2, -0.15) is 12.6 Å². The average Bonchev–Trinajstić information content (AvgIpc) is 3.39. The maximum Gasteiger partial charge on any atom is 0.233 e. The third-order valence-electron chi connectivity index (χ3n) is 5.89. The van der Waals surface area contributed by atoms with E-state index in [4.69, 9.17) is 9.15 Å². The van der Waals surface area contributed by atoms with E-state index in [0.29, 0.717) is 35.7 Å². The molecule has 2 fully saturated rings. The highest BCUT2D eigenvalue weighted by molar-refractivity contribution is 7.81. The Morgan fingerprint density at radius 2 is 2.19 bits per heavy atom. The molecule has 2 bridgehead atoms. The molecule has 0 saturated heterocycles. The molecule has 6 heteroatoms. The molecule has 4 rings (SSSR count). The van der Waals surface area contributed by atoms with Crippen LogP contribution >= 0.6 is 12.6 Å². The van der Waals surface area contributed by atoms with Crippen LogP contribution in [-0.4, -0.2) is 29.4 Å². The van der Waals surface area contributed by atoms with E-state index in [-0.39, 0.29) is 11.7 Å². The van der Waals surface area contributed by atoms with Gasteiger partial charge in [0.1, 0.15) is 11.5 Å². The number of phenolic OH excluding ortho intramolecular Hbond substituents is 1. The molecule has 4 atom stereocenters. The van der Waals surface area contributed by atoms with Crippen LogP contribution < -0.4 is 10.1 Å². The maximum absolute atomic E-state index is 12.5. The van der Waals surface area contributed by atoms with E-state index in [1.54, 1.807) is 18.2 Å². The number of ether oxygens (including phenoxy) is 1. The summed E-state index contributed by atoms with van der Waals surface area (Å²) in [4.78, 5) is 12.5. The fourth-order valence-corrected chi connectivity index (χ4v) is 4.71. The predicted molar refractivity (Wildman–Crippen MR) is 106 cm³/mol. The number of rotatable bonds is 6. The molecule has 2 aromatic rings. The molecule has 144 valence electrons. The highest BCUT2D eigenvalue weighted by Gasteiger charge is 2.40. The zero-order chi connectivity index (χ0) is 19.0. The van der Waals surface area contributed by atoms with Crippen molar-refractivity contribution in [2.24, 2.45) is 11.8 Å². The first-order valence-corrected chi connectivity index (χ1v) is 9.99. The van der Waals surface area contributed by atoms with Gasteiger partial charge < -0.3 is 19.6 Å². The molecular weight excluding hydrogens is 362 g/mol. The van der Waals surface area contributed by atoms with Crippen LogP contribution in [0, 0.1) is 11.8 Å². The van der Waals surface area contributed by atoms with Crippen LogP contribution in [0.1, 0.15) is 31.4 Å². The van der Waals surface area contributed by atoms with Crippen molar-refractivity contribution >= 4 is 18.5 Å². The molecule has 27 heavy (non-hydrogen) atoms.